The van der Waals surface area contributed by atoms with Crippen molar-refractivity contribution in [1.82, 2.24) is 30.3 Å². The van der Waals surface area contributed by atoms with Crippen LogP contribution in [0.3, 0.4) is 0 Å². The molecule has 1 unspecified atom stereocenters. The van der Waals surface area contributed by atoms with Crippen molar-refractivity contribution in [3.8, 4) is 5.69 Å². The van der Waals surface area contributed by atoms with Gasteiger partial charge in [0.15, 0.2) is 5.82 Å². The van der Waals surface area contributed by atoms with Gasteiger partial charge in [0, 0.05) is 5.41 Å². The highest BCUT2D eigenvalue weighted by Crippen LogP contribution is 2.34. The van der Waals surface area contributed by atoms with Crippen molar-refractivity contribution in [3.05, 3.63) is 41.0 Å². The minimum Gasteiger partial charge on any atom is -0.338 e. The van der Waals surface area contributed by atoms with Crippen molar-refractivity contribution < 1.29 is 4.52 Å². The maximum atomic E-state index is 5.43. The number of tetrazole rings is 1. The Balaban J connectivity index is 1.86. The van der Waals surface area contributed by atoms with Crippen molar-refractivity contribution in [3.63, 3.8) is 0 Å². The van der Waals surface area contributed by atoms with Crippen LogP contribution in [0.4, 0.5) is 0 Å². The molecule has 3 rings (SSSR count). The largest absolute Gasteiger partial charge is 0.338 e. The molecule has 8 heteroatoms. The third-order valence-electron chi connectivity index (χ3n) is 3.99. The fraction of sp³-hybridized carbons (Fsp3) is 0.471. The van der Waals surface area contributed by atoms with Crippen LogP contribution in [0.1, 0.15) is 55.8 Å². The van der Waals surface area contributed by atoms with Crippen LogP contribution in [0.15, 0.2) is 27.9 Å². The van der Waals surface area contributed by atoms with E-state index in [9.17, 15) is 0 Å². The highest BCUT2D eigenvalue weighted by atomic mass is 32.2. The van der Waals surface area contributed by atoms with E-state index in [1.165, 1.54) is 17.3 Å². The molecule has 7 nitrogen and oxygen atoms in total. The summed E-state index contributed by atoms with van der Waals surface area (Å²) in [6, 6.07) is 6.09. The molecule has 0 amide bonds. The van der Waals surface area contributed by atoms with Gasteiger partial charge in [-0.25, -0.2) is 0 Å². The summed E-state index contributed by atoms with van der Waals surface area (Å²) in [7, 11) is 0. The van der Waals surface area contributed by atoms with E-state index < -0.39 is 0 Å². The third kappa shape index (κ3) is 3.58. The van der Waals surface area contributed by atoms with Crippen LogP contribution in [-0.2, 0) is 5.41 Å². The molecule has 0 spiro atoms. The first kappa shape index (κ1) is 17.6. The molecule has 1 atom stereocenters. The Morgan fingerprint density at radius 1 is 1.20 bits per heavy atom. The summed E-state index contributed by atoms with van der Waals surface area (Å²) in [4.78, 5) is 4.52. The van der Waals surface area contributed by atoms with E-state index in [0.717, 1.165) is 11.3 Å². The Morgan fingerprint density at radius 2 is 1.96 bits per heavy atom. The SMILES string of the molecule is Cc1cccc(-n2nnnc2SC(C)c2nc(C(C)(C)C)no2)c1C. The first-order valence-electron chi connectivity index (χ1n) is 8.13. The third-order valence-corrected chi connectivity index (χ3v) is 5.01. The Bertz CT molecular complexity index is 879. The van der Waals surface area contributed by atoms with E-state index in [4.69, 9.17) is 4.52 Å². The van der Waals surface area contributed by atoms with Crippen LogP contribution >= 0.6 is 11.8 Å². The van der Waals surface area contributed by atoms with Crippen molar-refractivity contribution in [1.29, 1.82) is 0 Å². The Morgan fingerprint density at radius 3 is 2.64 bits per heavy atom. The molecule has 3 aromatic rings. The number of thioether (sulfide) groups is 1. The van der Waals surface area contributed by atoms with Crippen LogP contribution in [0.5, 0.6) is 0 Å². The zero-order chi connectivity index (χ0) is 18.2. The molecule has 0 N–H and O–H groups in total. The van der Waals surface area contributed by atoms with Gasteiger partial charge in [-0.15, -0.1) is 5.10 Å². The number of hydrogen-bond acceptors (Lipinski definition) is 7. The molecule has 0 aliphatic heterocycles. The van der Waals surface area contributed by atoms with Crippen molar-refractivity contribution in [2.45, 2.75) is 57.4 Å². The van der Waals surface area contributed by atoms with Crippen molar-refractivity contribution in [2.75, 3.05) is 0 Å². The molecule has 0 saturated carbocycles. The van der Waals surface area contributed by atoms with Crippen LogP contribution in [0, 0.1) is 13.8 Å². The van der Waals surface area contributed by atoms with Crippen LogP contribution in [-0.4, -0.2) is 30.3 Å². The van der Waals surface area contributed by atoms with E-state index >= 15 is 0 Å². The van der Waals surface area contributed by atoms with E-state index in [0.29, 0.717) is 16.9 Å². The van der Waals surface area contributed by atoms with E-state index in [1.807, 2.05) is 19.1 Å². The Hall–Kier alpha value is -2.22. The molecule has 0 saturated heterocycles. The van der Waals surface area contributed by atoms with Gasteiger partial charge in [0.1, 0.15) is 0 Å². The van der Waals surface area contributed by atoms with Crippen LogP contribution in [0.25, 0.3) is 5.69 Å². The maximum absolute atomic E-state index is 5.43. The molecule has 0 radical (unpaired) electrons. The Kier molecular flexibility index (Phi) is 4.64. The van der Waals surface area contributed by atoms with Gasteiger partial charge in [0.05, 0.1) is 10.9 Å². The van der Waals surface area contributed by atoms with Gasteiger partial charge in [-0.3, -0.25) is 0 Å². The van der Waals surface area contributed by atoms with Gasteiger partial charge in [0.25, 0.3) is 0 Å². The molecule has 0 bridgehead atoms. The number of hydrogen-bond donors (Lipinski definition) is 0. The molecule has 25 heavy (non-hydrogen) atoms. The molecule has 2 aromatic heterocycles. The smallest absolute Gasteiger partial charge is 0.239 e. The van der Waals surface area contributed by atoms with Gasteiger partial charge >= 0.3 is 0 Å². The second kappa shape index (κ2) is 6.59. The summed E-state index contributed by atoms with van der Waals surface area (Å²) in [5, 5.41) is 16.9. The number of nitrogens with zero attached hydrogens (tertiary/aromatic N) is 6. The molecule has 1 aromatic carbocycles. The molecular formula is C17H22N6OS. The van der Waals surface area contributed by atoms with E-state index in [1.54, 1.807) is 4.68 Å². The van der Waals surface area contributed by atoms with Gasteiger partial charge in [-0.2, -0.15) is 9.67 Å². The number of rotatable bonds is 4. The van der Waals surface area contributed by atoms with Crippen LogP contribution in [0.2, 0.25) is 0 Å². The lowest BCUT2D eigenvalue weighted by Crippen LogP contribution is -2.13. The standard InChI is InChI=1S/C17H22N6OS/c1-10-8-7-9-13(11(10)2)23-16(19-21-22-23)25-12(3)14-18-15(20-24-14)17(4,5)6/h7-9,12H,1-6H3. The number of aromatic nitrogens is 6. The molecule has 0 aliphatic carbocycles. The summed E-state index contributed by atoms with van der Waals surface area (Å²) in [6.45, 7) is 12.3. The second-order valence-corrected chi connectivity index (χ2v) is 8.37. The topological polar surface area (TPSA) is 82.5 Å². The van der Waals surface area contributed by atoms with Crippen molar-refractivity contribution >= 4 is 11.8 Å². The first-order chi connectivity index (χ1) is 11.8. The predicted octanol–water partition coefficient (Wildman–Crippen LogP) is 3.81. The quantitative estimate of drug-likeness (QED) is 0.656. The number of benzene rings is 1. The fourth-order valence-electron chi connectivity index (χ4n) is 2.28. The van der Waals surface area contributed by atoms with E-state index in [2.05, 4.69) is 66.4 Å². The summed E-state index contributed by atoms with van der Waals surface area (Å²) >= 11 is 1.49. The fourth-order valence-corrected chi connectivity index (χ4v) is 3.11. The first-order valence-corrected chi connectivity index (χ1v) is 9.01. The molecule has 2 heterocycles. The lowest BCUT2D eigenvalue weighted by atomic mass is 9.96. The monoisotopic (exact) mass is 358 g/mol. The Labute approximate surface area is 151 Å². The van der Waals surface area contributed by atoms with Gasteiger partial charge in [-0.1, -0.05) is 49.8 Å². The normalized spacial score (nSPS) is 13.2. The lowest BCUT2D eigenvalue weighted by Gasteiger charge is -2.12. The predicted molar refractivity (Wildman–Crippen MR) is 95.9 cm³/mol. The second-order valence-electron chi connectivity index (χ2n) is 7.06. The van der Waals surface area contributed by atoms with Gasteiger partial charge in [-0.05, 0) is 48.4 Å². The van der Waals surface area contributed by atoms with Gasteiger partial charge < -0.3 is 4.52 Å². The summed E-state index contributed by atoms with van der Waals surface area (Å²) < 4.78 is 7.18. The van der Waals surface area contributed by atoms with Crippen LogP contribution < -0.4 is 0 Å². The highest BCUT2D eigenvalue weighted by molar-refractivity contribution is 7.99. The highest BCUT2D eigenvalue weighted by Gasteiger charge is 2.25. The molecule has 0 fully saturated rings. The lowest BCUT2D eigenvalue weighted by molar-refractivity contribution is 0.364. The average Bonchev–Trinajstić information content (AvgIpc) is 3.19. The average molecular weight is 358 g/mol. The molecule has 0 aliphatic rings. The summed E-state index contributed by atoms with van der Waals surface area (Å²) in [5.74, 6) is 1.27. The van der Waals surface area contributed by atoms with E-state index in [-0.39, 0.29) is 10.7 Å². The van der Waals surface area contributed by atoms with Gasteiger partial charge in [0.2, 0.25) is 11.0 Å². The summed E-state index contributed by atoms with van der Waals surface area (Å²) in [5.41, 5.74) is 3.17. The summed E-state index contributed by atoms with van der Waals surface area (Å²) in [6.07, 6.45) is 0. The zero-order valence-corrected chi connectivity index (χ0v) is 16.1. The number of aryl methyl sites for hydroxylation is 1. The minimum atomic E-state index is -0.146. The molecule has 132 valence electrons. The zero-order valence-electron chi connectivity index (χ0n) is 15.3. The maximum Gasteiger partial charge on any atom is 0.239 e. The van der Waals surface area contributed by atoms with Crippen molar-refractivity contribution in [2.24, 2.45) is 0 Å². The minimum absolute atomic E-state index is 0.0570. The molecular weight excluding hydrogens is 336 g/mol.